The predicted octanol–water partition coefficient (Wildman–Crippen LogP) is 0.982. The number of carbonyl (C=O) groups is 1. The van der Waals surface area contributed by atoms with Crippen LogP contribution in [0, 0.1) is 0 Å². The molecule has 0 heterocycles. The van der Waals surface area contributed by atoms with Gasteiger partial charge >= 0.3 is 0 Å². The molecule has 0 aliphatic rings. The van der Waals surface area contributed by atoms with Gasteiger partial charge in [0.25, 0.3) is 0 Å². The number of hydrogen-bond acceptors (Lipinski definition) is 2. The number of nitrogens with two attached hydrogens (primary N) is 1. The highest BCUT2D eigenvalue weighted by Crippen LogP contribution is 1.98. The number of rotatable bonds is 5. The lowest BCUT2D eigenvalue weighted by atomic mass is 10.2. The van der Waals surface area contributed by atoms with Crippen molar-refractivity contribution in [2.24, 2.45) is 5.73 Å². The highest BCUT2D eigenvalue weighted by atomic mass is 16.2. The molecule has 0 bridgehead atoms. The molecule has 0 saturated carbocycles. The average Bonchev–Trinajstić information content (AvgIpc) is 1.98. The van der Waals surface area contributed by atoms with E-state index in [1.54, 1.807) is 11.9 Å². The normalized spacial score (nSPS) is 12.7. The van der Waals surface area contributed by atoms with Gasteiger partial charge in [0.2, 0.25) is 5.91 Å². The number of amides is 1. The lowest BCUT2D eigenvalue weighted by Crippen LogP contribution is -2.36. The zero-order chi connectivity index (χ0) is 9.56. The molecule has 0 rings (SSSR count). The average molecular weight is 172 g/mol. The standard InChI is InChI=1S/C9H20N2O/c1-4-5-6-9(12)11(3)7-8(2)10/h8H,4-7,10H2,1-3H3. The van der Waals surface area contributed by atoms with Crippen molar-refractivity contribution in [3.63, 3.8) is 0 Å². The summed E-state index contributed by atoms with van der Waals surface area (Å²) in [6, 6.07) is 0.0700. The largest absolute Gasteiger partial charge is 0.344 e. The minimum absolute atomic E-state index is 0.0700. The molecule has 12 heavy (non-hydrogen) atoms. The van der Waals surface area contributed by atoms with Gasteiger partial charge in [0.15, 0.2) is 0 Å². The summed E-state index contributed by atoms with van der Waals surface area (Å²) in [5, 5.41) is 0. The van der Waals surface area contributed by atoms with Crippen LogP contribution >= 0.6 is 0 Å². The van der Waals surface area contributed by atoms with E-state index in [4.69, 9.17) is 5.73 Å². The molecule has 1 unspecified atom stereocenters. The first-order valence-corrected chi connectivity index (χ1v) is 4.57. The number of carbonyl (C=O) groups excluding carboxylic acids is 1. The second-order valence-corrected chi connectivity index (χ2v) is 3.36. The SMILES string of the molecule is CCCCC(=O)N(C)CC(C)N. The van der Waals surface area contributed by atoms with Crippen molar-refractivity contribution in [3.05, 3.63) is 0 Å². The molecule has 0 fully saturated rings. The van der Waals surface area contributed by atoms with Crippen molar-refractivity contribution in [3.8, 4) is 0 Å². The minimum Gasteiger partial charge on any atom is -0.344 e. The van der Waals surface area contributed by atoms with Crippen molar-refractivity contribution in [2.75, 3.05) is 13.6 Å². The molecule has 2 N–H and O–H groups in total. The Morgan fingerprint density at radius 1 is 1.58 bits per heavy atom. The Kier molecular flexibility index (Phi) is 5.72. The van der Waals surface area contributed by atoms with E-state index in [0.29, 0.717) is 13.0 Å². The number of unbranched alkanes of at least 4 members (excludes halogenated alkanes) is 1. The quantitative estimate of drug-likeness (QED) is 0.672. The van der Waals surface area contributed by atoms with E-state index in [2.05, 4.69) is 6.92 Å². The smallest absolute Gasteiger partial charge is 0.222 e. The molecule has 0 aliphatic carbocycles. The van der Waals surface area contributed by atoms with Crippen LogP contribution in [0.4, 0.5) is 0 Å². The van der Waals surface area contributed by atoms with Gasteiger partial charge in [0.05, 0.1) is 0 Å². The maximum absolute atomic E-state index is 11.3. The van der Waals surface area contributed by atoms with Crippen molar-refractivity contribution in [1.29, 1.82) is 0 Å². The van der Waals surface area contributed by atoms with E-state index in [1.165, 1.54) is 0 Å². The van der Waals surface area contributed by atoms with E-state index >= 15 is 0 Å². The Morgan fingerprint density at radius 2 is 2.17 bits per heavy atom. The molecule has 0 spiro atoms. The lowest BCUT2D eigenvalue weighted by Gasteiger charge is -2.18. The highest BCUT2D eigenvalue weighted by Gasteiger charge is 2.08. The first-order chi connectivity index (χ1) is 5.57. The van der Waals surface area contributed by atoms with Gasteiger partial charge < -0.3 is 10.6 Å². The summed E-state index contributed by atoms with van der Waals surface area (Å²) >= 11 is 0. The van der Waals surface area contributed by atoms with Crippen LogP contribution < -0.4 is 5.73 Å². The van der Waals surface area contributed by atoms with E-state index in [-0.39, 0.29) is 11.9 Å². The van der Waals surface area contributed by atoms with Crippen molar-refractivity contribution in [1.82, 2.24) is 4.90 Å². The molecular weight excluding hydrogens is 152 g/mol. The molecule has 0 aromatic carbocycles. The van der Waals surface area contributed by atoms with Crippen LogP contribution in [-0.2, 0) is 4.79 Å². The van der Waals surface area contributed by atoms with Gasteiger partial charge in [-0.3, -0.25) is 4.79 Å². The third-order valence-corrected chi connectivity index (χ3v) is 1.73. The fourth-order valence-electron chi connectivity index (χ4n) is 1.05. The third-order valence-electron chi connectivity index (χ3n) is 1.73. The van der Waals surface area contributed by atoms with Crippen LogP contribution in [0.25, 0.3) is 0 Å². The molecule has 3 heteroatoms. The molecule has 0 aliphatic heterocycles. The summed E-state index contributed by atoms with van der Waals surface area (Å²) in [5.74, 6) is 0.203. The van der Waals surface area contributed by atoms with E-state index < -0.39 is 0 Å². The van der Waals surface area contributed by atoms with E-state index in [9.17, 15) is 4.79 Å². The topological polar surface area (TPSA) is 46.3 Å². The van der Waals surface area contributed by atoms with Gasteiger partial charge in [-0.2, -0.15) is 0 Å². The number of likely N-dealkylation sites (N-methyl/N-ethyl adjacent to an activating group) is 1. The maximum Gasteiger partial charge on any atom is 0.222 e. The number of nitrogens with zero attached hydrogens (tertiary/aromatic N) is 1. The summed E-state index contributed by atoms with van der Waals surface area (Å²) in [6.07, 6.45) is 2.69. The third kappa shape index (κ3) is 5.13. The van der Waals surface area contributed by atoms with Crippen molar-refractivity contribution >= 4 is 5.91 Å². The van der Waals surface area contributed by atoms with Gasteiger partial charge in [-0.1, -0.05) is 13.3 Å². The number of hydrogen-bond donors (Lipinski definition) is 1. The zero-order valence-electron chi connectivity index (χ0n) is 8.34. The summed E-state index contributed by atoms with van der Waals surface area (Å²) < 4.78 is 0. The lowest BCUT2D eigenvalue weighted by molar-refractivity contribution is -0.130. The van der Waals surface area contributed by atoms with Crippen LogP contribution in [0.2, 0.25) is 0 Å². The summed E-state index contributed by atoms with van der Waals surface area (Å²) in [5.41, 5.74) is 5.57. The van der Waals surface area contributed by atoms with Crippen molar-refractivity contribution < 1.29 is 4.79 Å². The Labute approximate surface area is 74.9 Å². The molecule has 3 nitrogen and oxygen atoms in total. The Hall–Kier alpha value is -0.570. The molecular formula is C9H20N2O. The molecule has 1 atom stereocenters. The van der Waals surface area contributed by atoms with Crippen LogP contribution in [0.1, 0.15) is 33.1 Å². The van der Waals surface area contributed by atoms with E-state index in [1.807, 2.05) is 6.92 Å². The summed E-state index contributed by atoms with van der Waals surface area (Å²) in [6.45, 7) is 4.64. The summed E-state index contributed by atoms with van der Waals surface area (Å²) in [7, 11) is 1.81. The van der Waals surface area contributed by atoms with Gasteiger partial charge in [-0.25, -0.2) is 0 Å². The van der Waals surface area contributed by atoms with Gasteiger partial charge in [-0.05, 0) is 13.3 Å². The Bertz CT molecular complexity index is 134. The van der Waals surface area contributed by atoms with Gasteiger partial charge in [-0.15, -0.1) is 0 Å². The molecule has 0 saturated heterocycles. The zero-order valence-corrected chi connectivity index (χ0v) is 8.34. The van der Waals surface area contributed by atoms with E-state index in [0.717, 1.165) is 12.8 Å². The van der Waals surface area contributed by atoms with Gasteiger partial charge in [0, 0.05) is 26.1 Å². The maximum atomic E-state index is 11.3. The van der Waals surface area contributed by atoms with Crippen LogP contribution in [-0.4, -0.2) is 30.4 Å². The second kappa shape index (κ2) is 6.00. The molecule has 0 aromatic rings. The Balaban J connectivity index is 3.61. The fourth-order valence-corrected chi connectivity index (χ4v) is 1.05. The van der Waals surface area contributed by atoms with Crippen molar-refractivity contribution in [2.45, 2.75) is 39.2 Å². The van der Waals surface area contributed by atoms with Crippen LogP contribution in [0.5, 0.6) is 0 Å². The molecule has 1 amide bonds. The van der Waals surface area contributed by atoms with Crippen LogP contribution in [0.3, 0.4) is 0 Å². The monoisotopic (exact) mass is 172 g/mol. The second-order valence-electron chi connectivity index (χ2n) is 3.36. The minimum atomic E-state index is 0.0700. The molecule has 0 aromatic heterocycles. The molecule has 0 radical (unpaired) electrons. The highest BCUT2D eigenvalue weighted by molar-refractivity contribution is 5.75. The first kappa shape index (κ1) is 11.4. The Morgan fingerprint density at radius 3 is 2.58 bits per heavy atom. The summed E-state index contributed by atoms with van der Waals surface area (Å²) in [4.78, 5) is 13.0. The van der Waals surface area contributed by atoms with Gasteiger partial charge in [0.1, 0.15) is 0 Å². The van der Waals surface area contributed by atoms with Crippen LogP contribution in [0.15, 0.2) is 0 Å². The molecule has 72 valence electrons. The predicted molar refractivity (Wildman–Crippen MR) is 50.8 cm³/mol. The first-order valence-electron chi connectivity index (χ1n) is 4.57. The fraction of sp³-hybridized carbons (Fsp3) is 0.889.